The highest BCUT2D eigenvalue weighted by atomic mass is 32.1. The zero-order valence-corrected chi connectivity index (χ0v) is 17.3. The number of thiazole rings is 1. The van der Waals surface area contributed by atoms with Gasteiger partial charge < -0.3 is 10.2 Å². The quantitative estimate of drug-likeness (QED) is 0.437. The lowest BCUT2D eigenvalue weighted by Gasteiger charge is -2.19. The Morgan fingerprint density at radius 3 is 2.42 bits per heavy atom. The Bertz CT molecular complexity index is 1390. The molecule has 0 aliphatic carbocycles. The van der Waals surface area contributed by atoms with Gasteiger partial charge in [0.05, 0.1) is 16.7 Å². The molecule has 6 rings (SSSR count). The Morgan fingerprint density at radius 1 is 0.903 bits per heavy atom. The second-order valence-electron chi connectivity index (χ2n) is 7.46. The van der Waals surface area contributed by atoms with Crippen LogP contribution in [0, 0.1) is 5.82 Å². The van der Waals surface area contributed by atoms with Gasteiger partial charge >= 0.3 is 0 Å². The first-order valence-corrected chi connectivity index (χ1v) is 11.0. The van der Waals surface area contributed by atoms with Crippen LogP contribution >= 0.6 is 11.3 Å². The molecule has 0 unspecified atom stereocenters. The van der Waals surface area contributed by atoms with E-state index in [9.17, 15) is 4.39 Å². The molecule has 7 nitrogen and oxygen atoms in total. The first-order valence-electron chi connectivity index (χ1n) is 10.1. The Labute approximate surface area is 181 Å². The summed E-state index contributed by atoms with van der Waals surface area (Å²) < 4.78 is 15.1. The van der Waals surface area contributed by atoms with E-state index in [1.165, 1.54) is 23.5 Å². The maximum Gasteiger partial charge on any atom is 0.249 e. The van der Waals surface area contributed by atoms with Crippen molar-refractivity contribution in [3.63, 3.8) is 0 Å². The second-order valence-corrected chi connectivity index (χ2v) is 8.30. The van der Waals surface area contributed by atoms with Crippen LogP contribution in [0.5, 0.6) is 0 Å². The van der Waals surface area contributed by atoms with Gasteiger partial charge in [-0.05, 0) is 49.2 Å². The minimum absolute atomic E-state index is 0.263. The standard InChI is InChI=1S/C22H18FN7S/c23-15-9-7-14(8-10-15)18-13-31-22-27-21(28-30(18)22)26-19-20(29-11-3-4-12-29)25-17-6-2-1-5-16(17)24-19/h1-2,5-10,13H,3-4,11-12H2,(H,24,26,28). The molecule has 0 bridgehead atoms. The molecular weight excluding hydrogens is 413 g/mol. The number of rotatable bonds is 4. The van der Waals surface area contributed by atoms with Gasteiger partial charge in [0.25, 0.3) is 0 Å². The lowest BCUT2D eigenvalue weighted by Crippen LogP contribution is -2.21. The van der Waals surface area contributed by atoms with E-state index < -0.39 is 0 Å². The van der Waals surface area contributed by atoms with E-state index in [1.54, 1.807) is 16.6 Å². The van der Waals surface area contributed by atoms with Crippen LogP contribution in [-0.2, 0) is 0 Å². The number of fused-ring (bicyclic) bond motifs is 2. The molecule has 1 fully saturated rings. The van der Waals surface area contributed by atoms with E-state index in [0.717, 1.165) is 59.0 Å². The van der Waals surface area contributed by atoms with Crippen molar-refractivity contribution in [1.29, 1.82) is 0 Å². The van der Waals surface area contributed by atoms with Crippen LogP contribution in [0.4, 0.5) is 22.0 Å². The predicted octanol–water partition coefficient (Wildman–Crippen LogP) is 4.88. The zero-order valence-electron chi connectivity index (χ0n) is 16.5. The van der Waals surface area contributed by atoms with Crippen molar-refractivity contribution in [2.24, 2.45) is 0 Å². The van der Waals surface area contributed by atoms with E-state index in [-0.39, 0.29) is 5.82 Å². The number of para-hydroxylation sites is 2. The van der Waals surface area contributed by atoms with Crippen molar-refractivity contribution in [1.82, 2.24) is 24.6 Å². The van der Waals surface area contributed by atoms with Gasteiger partial charge in [-0.15, -0.1) is 16.4 Å². The molecule has 31 heavy (non-hydrogen) atoms. The minimum Gasteiger partial charge on any atom is -0.354 e. The number of aromatic nitrogens is 5. The van der Waals surface area contributed by atoms with Gasteiger partial charge in [-0.1, -0.05) is 12.1 Å². The molecule has 1 N–H and O–H groups in total. The van der Waals surface area contributed by atoms with Crippen LogP contribution in [0.25, 0.3) is 27.3 Å². The molecule has 0 saturated carbocycles. The highest BCUT2D eigenvalue weighted by molar-refractivity contribution is 7.15. The molecular formula is C22H18FN7S. The minimum atomic E-state index is -0.263. The third-order valence-electron chi connectivity index (χ3n) is 5.41. The molecule has 4 heterocycles. The molecule has 0 amide bonds. The topological polar surface area (TPSA) is 71.2 Å². The van der Waals surface area contributed by atoms with E-state index in [2.05, 4.69) is 20.3 Å². The van der Waals surface area contributed by atoms with Gasteiger partial charge in [0.15, 0.2) is 11.6 Å². The van der Waals surface area contributed by atoms with Crippen molar-refractivity contribution < 1.29 is 4.39 Å². The maximum absolute atomic E-state index is 13.3. The van der Waals surface area contributed by atoms with Gasteiger partial charge in [0.2, 0.25) is 10.9 Å². The molecule has 9 heteroatoms. The fourth-order valence-corrected chi connectivity index (χ4v) is 4.71. The summed E-state index contributed by atoms with van der Waals surface area (Å²) in [4.78, 5) is 17.3. The molecule has 0 atom stereocenters. The average Bonchev–Trinajstić information content (AvgIpc) is 3.52. The van der Waals surface area contributed by atoms with E-state index in [0.29, 0.717) is 11.8 Å². The Kier molecular flexibility index (Phi) is 4.27. The largest absolute Gasteiger partial charge is 0.354 e. The molecule has 1 saturated heterocycles. The van der Waals surface area contributed by atoms with E-state index in [4.69, 9.17) is 9.97 Å². The lowest BCUT2D eigenvalue weighted by atomic mass is 10.2. The van der Waals surface area contributed by atoms with Crippen LogP contribution < -0.4 is 10.2 Å². The first-order chi connectivity index (χ1) is 15.2. The second kappa shape index (κ2) is 7.28. The number of nitrogens with zero attached hydrogens (tertiary/aromatic N) is 6. The SMILES string of the molecule is Fc1ccc(-c2csc3nc(Nc4nc5ccccc5nc4N4CCCC4)nn23)cc1. The molecule has 2 aromatic carbocycles. The molecule has 154 valence electrons. The molecule has 1 aliphatic heterocycles. The van der Waals surface area contributed by atoms with Crippen molar-refractivity contribution in [3.8, 4) is 11.3 Å². The Balaban J connectivity index is 1.40. The summed E-state index contributed by atoms with van der Waals surface area (Å²) in [5, 5.41) is 9.90. The van der Waals surface area contributed by atoms with Crippen molar-refractivity contribution in [2.75, 3.05) is 23.3 Å². The summed E-state index contributed by atoms with van der Waals surface area (Å²) in [6.45, 7) is 1.92. The summed E-state index contributed by atoms with van der Waals surface area (Å²) in [5.74, 6) is 1.68. The van der Waals surface area contributed by atoms with E-state index >= 15 is 0 Å². The highest BCUT2D eigenvalue weighted by Crippen LogP contribution is 2.31. The number of hydrogen-bond acceptors (Lipinski definition) is 7. The van der Waals surface area contributed by atoms with Crippen LogP contribution in [0.2, 0.25) is 0 Å². The number of halogens is 1. The fraction of sp³-hybridized carbons (Fsp3) is 0.182. The summed E-state index contributed by atoms with van der Waals surface area (Å²) in [7, 11) is 0. The Hall–Kier alpha value is -3.59. The lowest BCUT2D eigenvalue weighted by molar-refractivity contribution is 0.628. The zero-order chi connectivity index (χ0) is 20.8. The predicted molar refractivity (Wildman–Crippen MR) is 121 cm³/mol. The maximum atomic E-state index is 13.3. The first kappa shape index (κ1) is 18.2. The third-order valence-corrected chi connectivity index (χ3v) is 6.23. The molecule has 1 aliphatic rings. The van der Waals surface area contributed by atoms with Gasteiger partial charge in [-0.25, -0.2) is 18.9 Å². The molecule has 3 aromatic heterocycles. The fourth-order valence-electron chi connectivity index (χ4n) is 3.88. The third kappa shape index (κ3) is 3.27. The number of benzene rings is 2. The number of hydrogen-bond donors (Lipinski definition) is 1. The van der Waals surface area contributed by atoms with Gasteiger partial charge in [-0.2, -0.15) is 4.98 Å². The van der Waals surface area contributed by atoms with Crippen LogP contribution in [0.15, 0.2) is 53.9 Å². The smallest absolute Gasteiger partial charge is 0.249 e. The molecule has 5 aromatic rings. The summed E-state index contributed by atoms with van der Waals surface area (Å²) >= 11 is 1.49. The summed E-state index contributed by atoms with van der Waals surface area (Å²) in [6, 6.07) is 14.2. The van der Waals surface area contributed by atoms with Crippen LogP contribution in [-0.4, -0.2) is 37.7 Å². The average molecular weight is 432 g/mol. The van der Waals surface area contributed by atoms with Crippen molar-refractivity contribution >= 4 is 44.9 Å². The van der Waals surface area contributed by atoms with Crippen molar-refractivity contribution in [3.05, 3.63) is 59.7 Å². The van der Waals surface area contributed by atoms with E-state index in [1.807, 2.05) is 29.6 Å². The summed E-state index contributed by atoms with van der Waals surface area (Å²) in [6.07, 6.45) is 2.29. The van der Waals surface area contributed by atoms with Crippen LogP contribution in [0.3, 0.4) is 0 Å². The van der Waals surface area contributed by atoms with Crippen LogP contribution in [0.1, 0.15) is 12.8 Å². The van der Waals surface area contributed by atoms with Gasteiger partial charge in [0.1, 0.15) is 5.82 Å². The monoisotopic (exact) mass is 431 g/mol. The summed E-state index contributed by atoms with van der Waals surface area (Å²) in [5.41, 5.74) is 3.44. The van der Waals surface area contributed by atoms with Gasteiger partial charge in [-0.3, -0.25) is 0 Å². The molecule has 0 spiro atoms. The van der Waals surface area contributed by atoms with Crippen molar-refractivity contribution in [2.45, 2.75) is 12.8 Å². The van der Waals surface area contributed by atoms with Gasteiger partial charge in [0, 0.05) is 24.0 Å². The molecule has 0 radical (unpaired) electrons. The number of anilines is 3. The Morgan fingerprint density at radius 2 is 1.65 bits per heavy atom. The number of nitrogens with one attached hydrogen (secondary N) is 1. The normalized spacial score (nSPS) is 14.0. The highest BCUT2D eigenvalue weighted by Gasteiger charge is 2.21.